The number of halogens is 2. The molecule has 1 aromatic rings. The Morgan fingerprint density at radius 3 is 2.44 bits per heavy atom. The van der Waals surface area contributed by atoms with Crippen molar-refractivity contribution in [3.8, 4) is 17.2 Å². The first-order chi connectivity index (χ1) is 7.33. The maximum absolute atomic E-state index is 13.4. The maximum Gasteiger partial charge on any atom is 0.146 e. The molecule has 0 fully saturated rings. The molecule has 0 aliphatic rings. The molecule has 1 nitrogen and oxygen atoms in total. The lowest BCUT2D eigenvalue weighted by molar-refractivity contribution is 0.411. The molecule has 0 amide bonds. The predicted octanol–water partition coefficient (Wildman–Crippen LogP) is 3.72. The van der Waals surface area contributed by atoms with E-state index in [0.29, 0.717) is 11.3 Å². The first-order valence-corrected chi connectivity index (χ1v) is 8.77. The molecule has 0 saturated carbocycles. The van der Waals surface area contributed by atoms with Crippen LogP contribution in [0.1, 0.15) is 5.56 Å². The van der Waals surface area contributed by atoms with Crippen molar-refractivity contribution in [1.29, 1.82) is 0 Å². The maximum atomic E-state index is 13.4. The van der Waals surface area contributed by atoms with Crippen molar-refractivity contribution in [3.63, 3.8) is 0 Å². The molecule has 1 rings (SSSR count). The van der Waals surface area contributed by atoms with Crippen LogP contribution in [0.2, 0.25) is 24.7 Å². The van der Waals surface area contributed by atoms with Crippen molar-refractivity contribution in [2.75, 3.05) is 7.11 Å². The van der Waals surface area contributed by atoms with Crippen molar-refractivity contribution in [1.82, 2.24) is 0 Å². The zero-order chi connectivity index (χ0) is 12.3. The van der Waals surface area contributed by atoms with E-state index in [0.717, 1.165) is 0 Å². The smallest absolute Gasteiger partial charge is 0.146 e. The van der Waals surface area contributed by atoms with Crippen LogP contribution in [0.4, 0.5) is 4.39 Å². The van der Waals surface area contributed by atoms with E-state index >= 15 is 0 Å². The number of ether oxygens (including phenoxy) is 1. The molecule has 4 heteroatoms. The summed E-state index contributed by atoms with van der Waals surface area (Å²) in [6, 6.07) is 2.98. The molecule has 0 bridgehead atoms. The van der Waals surface area contributed by atoms with Gasteiger partial charge in [0, 0.05) is 5.56 Å². The number of rotatable bonds is 1. The van der Waals surface area contributed by atoms with Gasteiger partial charge in [-0.15, -0.1) is 5.54 Å². The third kappa shape index (κ3) is 3.55. The van der Waals surface area contributed by atoms with Crippen LogP contribution in [-0.4, -0.2) is 15.2 Å². The van der Waals surface area contributed by atoms with Gasteiger partial charge in [0.05, 0.1) is 7.11 Å². The summed E-state index contributed by atoms with van der Waals surface area (Å²) in [4.78, 5) is 0. The van der Waals surface area contributed by atoms with Gasteiger partial charge in [-0.3, -0.25) is 0 Å². The van der Waals surface area contributed by atoms with Crippen LogP contribution in [0.5, 0.6) is 5.75 Å². The highest BCUT2D eigenvalue weighted by atomic mass is 35.5. The Balaban J connectivity index is 3.16. The van der Waals surface area contributed by atoms with Gasteiger partial charge in [0.1, 0.15) is 24.7 Å². The third-order valence-electron chi connectivity index (χ3n) is 1.80. The van der Waals surface area contributed by atoms with Gasteiger partial charge in [-0.2, -0.15) is 0 Å². The van der Waals surface area contributed by atoms with Gasteiger partial charge in [-0.1, -0.05) is 37.2 Å². The predicted molar refractivity (Wildman–Crippen MR) is 68.2 cm³/mol. The van der Waals surface area contributed by atoms with Crippen LogP contribution in [0, 0.1) is 17.3 Å². The van der Waals surface area contributed by atoms with Crippen molar-refractivity contribution in [2.45, 2.75) is 19.6 Å². The Bertz CT molecular complexity index is 455. The first kappa shape index (κ1) is 13.1. The molecule has 0 aliphatic carbocycles. The Morgan fingerprint density at radius 1 is 1.31 bits per heavy atom. The van der Waals surface area contributed by atoms with Crippen LogP contribution in [0.3, 0.4) is 0 Å². The summed E-state index contributed by atoms with van der Waals surface area (Å²) < 4.78 is 18.3. The molecule has 0 aliphatic heterocycles. The molecule has 0 N–H and O–H groups in total. The van der Waals surface area contributed by atoms with E-state index in [1.807, 2.05) is 0 Å². The quantitative estimate of drug-likeness (QED) is 0.550. The van der Waals surface area contributed by atoms with E-state index < -0.39 is 13.9 Å². The summed E-state index contributed by atoms with van der Waals surface area (Å²) in [5.41, 5.74) is 3.76. The van der Waals surface area contributed by atoms with E-state index in [9.17, 15) is 4.39 Å². The topological polar surface area (TPSA) is 9.23 Å². The Labute approximate surface area is 102 Å². The molecule has 0 spiro atoms. The van der Waals surface area contributed by atoms with Crippen molar-refractivity contribution in [3.05, 3.63) is 28.5 Å². The molecule has 1 aromatic carbocycles. The van der Waals surface area contributed by atoms with E-state index in [2.05, 4.69) is 31.1 Å². The fourth-order valence-corrected chi connectivity index (χ4v) is 1.75. The van der Waals surface area contributed by atoms with Gasteiger partial charge < -0.3 is 4.74 Å². The minimum absolute atomic E-state index is 0.000976. The molecule has 0 heterocycles. The zero-order valence-electron chi connectivity index (χ0n) is 9.82. The number of methoxy groups -OCH3 is 1. The minimum atomic E-state index is -1.46. The third-order valence-corrected chi connectivity index (χ3v) is 3.04. The average molecular weight is 257 g/mol. The lowest BCUT2D eigenvalue weighted by Crippen LogP contribution is -2.16. The van der Waals surface area contributed by atoms with E-state index in [1.165, 1.54) is 13.2 Å². The zero-order valence-corrected chi connectivity index (χ0v) is 11.6. The molecule has 86 valence electrons. The molecule has 0 saturated heterocycles. The molecule has 0 atom stereocenters. The van der Waals surface area contributed by atoms with Crippen LogP contribution in [0.25, 0.3) is 0 Å². The monoisotopic (exact) mass is 256 g/mol. The van der Waals surface area contributed by atoms with Crippen LogP contribution >= 0.6 is 11.6 Å². The summed E-state index contributed by atoms with van der Waals surface area (Å²) in [6.07, 6.45) is 0. The van der Waals surface area contributed by atoms with Crippen molar-refractivity contribution >= 4 is 19.7 Å². The summed E-state index contributed by atoms with van der Waals surface area (Å²) in [5.74, 6) is 2.78. The van der Waals surface area contributed by atoms with E-state index in [4.69, 9.17) is 16.3 Å². The number of hydrogen-bond donors (Lipinski definition) is 0. The second kappa shape index (κ2) is 4.90. The Hall–Kier alpha value is -0.983. The highest BCUT2D eigenvalue weighted by Gasteiger charge is 2.10. The highest BCUT2D eigenvalue weighted by molar-refractivity contribution is 6.83. The highest BCUT2D eigenvalue weighted by Crippen LogP contribution is 2.28. The van der Waals surface area contributed by atoms with Gasteiger partial charge >= 0.3 is 0 Å². The van der Waals surface area contributed by atoms with Crippen molar-refractivity contribution in [2.24, 2.45) is 0 Å². The summed E-state index contributed by atoms with van der Waals surface area (Å²) in [5, 5.41) is 0.000976. The van der Waals surface area contributed by atoms with Crippen LogP contribution < -0.4 is 4.74 Å². The SMILES string of the molecule is COc1cc(C#C[Si](C)(C)C)cc(F)c1Cl. The first-order valence-electron chi connectivity index (χ1n) is 4.90. The van der Waals surface area contributed by atoms with Gasteiger partial charge in [0.25, 0.3) is 0 Å². The van der Waals surface area contributed by atoms with Crippen molar-refractivity contribution < 1.29 is 9.13 Å². The van der Waals surface area contributed by atoms with Gasteiger partial charge in [0.2, 0.25) is 0 Å². The largest absolute Gasteiger partial charge is 0.495 e. The fourth-order valence-electron chi connectivity index (χ4n) is 1.04. The van der Waals surface area contributed by atoms with E-state index in [-0.39, 0.29) is 5.02 Å². The summed E-state index contributed by atoms with van der Waals surface area (Å²) >= 11 is 5.72. The van der Waals surface area contributed by atoms with Crippen LogP contribution in [-0.2, 0) is 0 Å². The molecule has 0 radical (unpaired) electrons. The van der Waals surface area contributed by atoms with Gasteiger partial charge in [0.15, 0.2) is 0 Å². The summed E-state index contributed by atoms with van der Waals surface area (Å²) in [6.45, 7) is 6.39. The lowest BCUT2D eigenvalue weighted by atomic mass is 10.2. The van der Waals surface area contributed by atoms with E-state index in [1.54, 1.807) is 6.07 Å². The lowest BCUT2D eigenvalue weighted by Gasteiger charge is -2.06. The minimum Gasteiger partial charge on any atom is -0.495 e. The molecule has 0 aromatic heterocycles. The molecule has 16 heavy (non-hydrogen) atoms. The van der Waals surface area contributed by atoms with Gasteiger partial charge in [-0.25, -0.2) is 4.39 Å². The normalized spacial score (nSPS) is 10.6. The summed E-state index contributed by atoms with van der Waals surface area (Å²) in [7, 11) is -0.00119. The standard InChI is InChI=1S/C12H14ClFOSi/c1-15-11-8-9(5-6-16(2,3)4)7-10(14)12(11)13/h7-8H,1-4H3. The number of hydrogen-bond acceptors (Lipinski definition) is 1. The Kier molecular flexibility index (Phi) is 4.01. The van der Waals surface area contributed by atoms with Crippen LogP contribution in [0.15, 0.2) is 12.1 Å². The Morgan fingerprint density at radius 2 is 1.94 bits per heavy atom. The second-order valence-electron chi connectivity index (χ2n) is 4.47. The number of benzene rings is 1. The average Bonchev–Trinajstić information content (AvgIpc) is 2.18. The molecular formula is C12H14ClFOSi. The fraction of sp³-hybridized carbons (Fsp3) is 0.333. The molecule has 0 unspecified atom stereocenters. The molecular weight excluding hydrogens is 243 g/mol. The van der Waals surface area contributed by atoms with Gasteiger partial charge in [-0.05, 0) is 12.1 Å². The second-order valence-corrected chi connectivity index (χ2v) is 9.60.